The lowest BCUT2D eigenvalue weighted by molar-refractivity contribution is -0.140. The summed E-state index contributed by atoms with van der Waals surface area (Å²) in [6.45, 7) is 4.76. The topological polar surface area (TPSA) is 79.3 Å². The van der Waals surface area contributed by atoms with Crippen LogP contribution < -0.4 is 14.4 Å². The number of aliphatic hydroxyl groups is 1. The van der Waals surface area contributed by atoms with Crippen molar-refractivity contribution in [2.24, 2.45) is 5.92 Å². The fraction of sp³-hybridized carbons (Fsp3) is 0.290. The summed E-state index contributed by atoms with van der Waals surface area (Å²) in [5.41, 5.74) is 2.92. The van der Waals surface area contributed by atoms with Crippen LogP contribution in [0.3, 0.4) is 0 Å². The number of carbonyl (C=O) groups excluding carboxylic acids is 2. The van der Waals surface area contributed by atoms with Gasteiger partial charge in [-0.15, -0.1) is 0 Å². The normalized spacial score (nSPS) is 16.7. The summed E-state index contributed by atoms with van der Waals surface area (Å²) < 4.78 is 11.3. The maximum absolute atomic E-state index is 13.5. The maximum Gasteiger partial charge on any atom is 0.295 e. The molecular weight excluding hydrogens is 480 g/mol. The van der Waals surface area contributed by atoms with Crippen molar-refractivity contribution < 1.29 is 24.2 Å². The van der Waals surface area contributed by atoms with Crippen molar-refractivity contribution in [3.8, 4) is 11.5 Å². The zero-order chi connectivity index (χ0) is 27.4. The number of nitrogens with zero attached hydrogens (tertiary/aromatic N) is 2. The van der Waals surface area contributed by atoms with Gasteiger partial charge in [0.15, 0.2) is 0 Å². The van der Waals surface area contributed by atoms with Crippen LogP contribution in [0, 0.1) is 5.92 Å². The Morgan fingerprint density at radius 1 is 1.00 bits per heavy atom. The molecule has 7 heteroatoms. The molecule has 198 valence electrons. The molecule has 1 N–H and O–H groups in total. The van der Waals surface area contributed by atoms with E-state index in [1.807, 2.05) is 67.5 Å². The molecule has 1 fully saturated rings. The van der Waals surface area contributed by atoms with Crippen molar-refractivity contribution in [3.05, 3.63) is 95.1 Å². The Morgan fingerprint density at radius 2 is 1.71 bits per heavy atom. The minimum Gasteiger partial charge on any atom is -0.507 e. The van der Waals surface area contributed by atoms with Gasteiger partial charge in [0.05, 0.1) is 31.9 Å². The number of ether oxygens (including phenoxy) is 2. The summed E-state index contributed by atoms with van der Waals surface area (Å²) in [6.07, 6.45) is 0. The molecule has 7 nitrogen and oxygen atoms in total. The van der Waals surface area contributed by atoms with Gasteiger partial charge < -0.3 is 24.4 Å². The van der Waals surface area contributed by atoms with Crippen LogP contribution in [0.25, 0.3) is 5.76 Å². The number of amides is 1. The van der Waals surface area contributed by atoms with Crippen molar-refractivity contribution in [3.63, 3.8) is 0 Å². The molecule has 3 aromatic carbocycles. The molecule has 38 heavy (non-hydrogen) atoms. The SMILES string of the molecule is COc1ccccc1CN1C(=O)C(=O)/C(=C(\O)c2cccc(OCC(C)C)c2)C1c1ccc(N(C)C)cc1. The highest BCUT2D eigenvalue weighted by molar-refractivity contribution is 6.46. The molecule has 1 saturated heterocycles. The summed E-state index contributed by atoms with van der Waals surface area (Å²) in [5.74, 6) is -0.108. The second kappa shape index (κ2) is 11.4. The smallest absolute Gasteiger partial charge is 0.295 e. The van der Waals surface area contributed by atoms with Gasteiger partial charge in [-0.05, 0) is 41.8 Å². The second-order valence-electron chi connectivity index (χ2n) is 9.96. The first-order chi connectivity index (χ1) is 18.2. The lowest BCUT2D eigenvalue weighted by Gasteiger charge is -2.26. The number of ketones is 1. The van der Waals surface area contributed by atoms with E-state index in [1.54, 1.807) is 31.4 Å². The van der Waals surface area contributed by atoms with Crippen LogP contribution in [-0.4, -0.2) is 49.5 Å². The summed E-state index contributed by atoms with van der Waals surface area (Å²) in [5, 5.41) is 11.5. The average molecular weight is 515 g/mol. The molecule has 1 amide bonds. The van der Waals surface area contributed by atoms with Crippen molar-refractivity contribution in [1.82, 2.24) is 4.90 Å². The summed E-state index contributed by atoms with van der Waals surface area (Å²) in [4.78, 5) is 30.3. The van der Waals surface area contributed by atoms with Gasteiger partial charge in [0.1, 0.15) is 17.3 Å². The molecule has 1 unspecified atom stereocenters. The average Bonchev–Trinajstić information content (AvgIpc) is 3.17. The molecule has 0 saturated carbocycles. The number of rotatable bonds is 9. The van der Waals surface area contributed by atoms with Crippen LogP contribution in [0.1, 0.15) is 36.6 Å². The third-order valence-electron chi connectivity index (χ3n) is 6.49. The van der Waals surface area contributed by atoms with Crippen molar-refractivity contribution >= 4 is 23.1 Å². The number of anilines is 1. The highest BCUT2D eigenvalue weighted by Crippen LogP contribution is 2.41. The number of hydrogen-bond acceptors (Lipinski definition) is 6. The lowest BCUT2D eigenvalue weighted by Crippen LogP contribution is -2.29. The number of hydrogen-bond donors (Lipinski definition) is 1. The Morgan fingerprint density at radius 3 is 2.37 bits per heavy atom. The van der Waals surface area contributed by atoms with E-state index in [4.69, 9.17) is 9.47 Å². The lowest BCUT2D eigenvalue weighted by atomic mass is 9.94. The number of carbonyl (C=O) groups is 2. The van der Waals surface area contributed by atoms with Gasteiger partial charge in [0, 0.05) is 30.9 Å². The van der Waals surface area contributed by atoms with Crippen molar-refractivity contribution in [2.45, 2.75) is 26.4 Å². The van der Waals surface area contributed by atoms with E-state index < -0.39 is 17.7 Å². The molecule has 1 atom stereocenters. The van der Waals surface area contributed by atoms with Crippen LogP contribution in [0.2, 0.25) is 0 Å². The predicted molar refractivity (Wildman–Crippen MR) is 148 cm³/mol. The third kappa shape index (κ3) is 5.52. The maximum atomic E-state index is 13.5. The van der Waals surface area contributed by atoms with E-state index in [9.17, 15) is 14.7 Å². The number of para-hydroxylation sites is 1. The van der Waals surface area contributed by atoms with E-state index in [0.29, 0.717) is 29.6 Å². The van der Waals surface area contributed by atoms with Crippen molar-refractivity contribution in [1.29, 1.82) is 0 Å². The van der Waals surface area contributed by atoms with E-state index in [0.717, 1.165) is 16.8 Å². The van der Waals surface area contributed by atoms with Gasteiger partial charge in [0.25, 0.3) is 11.7 Å². The largest absolute Gasteiger partial charge is 0.507 e. The van der Waals surface area contributed by atoms with Gasteiger partial charge >= 0.3 is 0 Å². The Bertz CT molecular complexity index is 1340. The van der Waals surface area contributed by atoms with Crippen LogP contribution in [-0.2, 0) is 16.1 Å². The highest BCUT2D eigenvalue weighted by atomic mass is 16.5. The molecule has 1 aliphatic heterocycles. The van der Waals surface area contributed by atoms with Crippen LogP contribution in [0.4, 0.5) is 5.69 Å². The minimum atomic E-state index is -0.781. The van der Waals surface area contributed by atoms with Crippen molar-refractivity contribution in [2.75, 3.05) is 32.7 Å². The Labute approximate surface area is 223 Å². The highest BCUT2D eigenvalue weighted by Gasteiger charge is 2.46. The first-order valence-electron chi connectivity index (χ1n) is 12.6. The molecule has 4 rings (SSSR count). The van der Waals surface area contributed by atoms with Crippen LogP contribution >= 0.6 is 0 Å². The quantitative estimate of drug-likeness (QED) is 0.233. The molecule has 0 aromatic heterocycles. The number of methoxy groups -OCH3 is 1. The monoisotopic (exact) mass is 514 g/mol. The molecule has 3 aromatic rings. The van der Waals surface area contributed by atoms with Gasteiger partial charge in [-0.1, -0.05) is 56.3 Å². The molecule has 0 spiro atoms. The molecule has 1 heterocycles. The Kier molecular flexibility index (Phi) is 8.05. The van der Waals surface area contributed by atoms with Gasteiger partial charge in [-0.25, -0.2) is 0 Å². The molecule has 1 aliphatic rings. The Hall–Kier alpha value is -4.26. The van der Waals surface area contributed by atoms with E-state index >= 15 is 0 Å². The zero-order valence-corrected chi connectivity index (χ0v) is 22.5. The molecule has 0 bridgehead atoms. The first kappa shape index (κ1) is 26.8. The summed E-state index contributed by atoms with van der Waals surface area (Å²) in [7, 11) is 5.45. The second-order valence-corrected chi connectivity index (χ2v) is 9.96. The van der Waals surface area contributed by atoms with E-state index in [1.165, 1.54) is 4.90 Å². The van der Waals surface area contributed by atoms with E-state index in [-0.39, 0.29) is 17.9 Å². The molecule has 0 aliphatic carbocycles. The third-order valence-corrected chi connectivity index (χ3v) is 6.49. The van der Waals surface area contributed by atoms with Crippen LogP contribution in [0.5, 0.6) is 11.5 Å². The number of likely N-dealkylation sites (tertiary alicyclic amines) is 1. The van der Waals surface area contributed by atoms with Gasteiger partial charge in [0.2, 0.25) is 0 Å². The Balaban J connectivity index is 1.82. The summed E-state index contributed by atoms with van der Waals surface area (Å²) in [6, 6.07) is 21.2. The molecular formula is C31H34N2O5. The first-order valence-corrected chi connectivity index (χ1v) is 12.6. The number of aliphatic hydroxyl groups excluding tert-OH is 1. The fourth-order valence-electron chi connectivity index (χ4n) is 4.51. The standard InChI is InChI=1S/C31H34N2O5/c1-20(2)19-38-25-11-8-10-22(17-25)29(34)27-28(21-13-15-24(16-14-21)32(3)4)33(31(36)30(27)35)18-23-9-6-7-12-26(23)37-5/h6-17,20,28,34H,18-19H2,1-5H3/b29-27-. The van der Waals surface area contributed by atoms with E-state index in [2.05, 4.69) is 13.8 Å². The van der Waals surface area contributed by atoms with Gasteiger partial charge in [-0.2, -0.15) is 0 Å². The molecule has 0 radical (unpaired) electrons. The number of Topliss-reactive ketones (excluding diaryl/α,β-unsaturated/α-hetero) is 1. The van der Waals surface area contributed by atoms with Gasteiger partial charge in [-0.3, -0.25) is 9.59 Å². The fourth-order valence-corrected chi connectivity index (χ4v) is 4.51. The summed E-state index contributed by atoms with van der Waals surface area (Å²) >= 11 is 0. The number of benzene rings is 3. The minimum absolute atomic E-state index is 0.0449. The predicted octanol–water partition coefficient (Wildman–Crippen LogP) is 5.42. The zero-order valence-electron chi connectivity index (χ0n) is 22.5. The van der Waals surface area contributed by atoms with Crippen LogP contribution in [0.15, 0.2) is 78.4 Å².